The number of carboxylic acids is 1. The first kappa shape index (κ1) is 15.3. The lowest BCUT2D eigenvalue weighted by Gasteiger charge is -2.25. The van der Waals surface area contributed by atoms with Gasteiger partial charge in [-0.05, 0) is 26.0 Å². The molecular weight excluding hydrogens is 246 g/mol. The van der Waals surface area contributed by atoms with Gasteiger partial charge >= 0.3 is 5.97 Å². The van der Waals surface area contributed by atoms with E-state index in [0.29, 0.717) is 37.7 Å². The standard InChI is InChI=1S/C14H21NO4/c1-4-15(8-9-19-5-2)13-10-11(18-3)6-7-12(13)14(16)17/h6-7,10H,4-5,8-9H2,1-3H3,(H,16,17). The van der Waals surface area contributed by atoms with E-state index in [1.54, 1.807) is 25.3 Å². The lowest BCUT2D eigenvalue weighted by molar-refractivity contribution is 0.0697. The fraction of sp³-hybridized carbons (Fsp3) is 0.500. The molecule has 0 aliphatic carbocycles. The van der Waals surface area contributed by atoms with E-state index < -0.39 is 5.97 Å². The van der Waals surface area contributed by atoms with E-state index in [2.05, 4.69) is 0 Å². The summed E-state index contributed by atoms with van der Waals surface area (Å²) in [5, 5.41) is 9.25. The van der Waals surface area contributed by atoms with Gasteiger partial charge in [-0.1, -0.05) is 0 Å². The van der Waals surface area contributed by atoms with Gasteiger partial charge in [-0.2, -0.15) is 0 Å². The van der Waals surface area contributed by atoms with Gasteiger partial charge in [0.25, 0.3) is 0 Å². The monoisotopic (exact) mass is 267 g/mol. The van der Waals surface area contributed by atoms with Crippen molar-refractivity contribution in [1.82, 2.24) is 0 Å². The summed E-state index contributed by atoms with van der Waals surface area (Å²) in [6, 6.07) is 4.97. The quantitative estimate of drug-likeness (QED) is 0.732. The highest BCUT2D eigenvalue weighted by Crippen LogP contribution is 2.26. The van der Waals surface area contributed by atoms with Crippen molar-refractivity contribution >= 4 is 11.7 Å². The number of carboxylic acid groups (broad SMARTS) is 1. The minimum Gasteiger partial charge on any atom is -0.497 e. The first-order valence-electron chi connectivity index (χ1n) is 6.38. The van der Waals surface area contributed by atoms with E-state index >= 15 is 0 Å². The summed E-state index contributed by atoms with van der Waals surface area (Å²) in [5.41, 5.74) is 0.938. The summed E-state index contributed by atoms with van der Waals surface area (Å²) < 4.78 is 10.5. The van der Waals surface area contributed by atoms with Crippen LogP contribution in [0.25, 0.3) is 0 Å². The van der Waals surface area contributed by atoms with Crippen LogP contribution in [-0.4, -0.2) is 44.5 Å². The van der Waals surface area contributed by atoms with Crippen LogP contribution in [0, 0.1) is 0 Å². The lowest BCUT2D eigenvalue weighted by Crippen LogP contribution is -2.28. The third-order valence-electron chi connectivity index (χ3n) is 2.87. The molecule has 0 amide bonds. The molecule has 0 aromatic heterocycles. The van der Waals surface area contributed by atoms with E-state index in [1.165, 1.54) is 0 Å². The van der Waals surface area contributed by atoms with Crippen molar-refractivity contribution in [2.75, 3.05) is 38.3 Å². The maximum atomic E-state index is 11.3. The molecule has 19 heavy (non-hydrogen) atoms. The van der Waals surface area contributed by atoms with Crippen LogP contribution < -0.4 is 9.64 Å². The first-order chi connectivity index (χ1) is 9.13. The Morgan fingerprint density at radius 3 is 2.63 bits per heavy atom. The molecule has 5 nitrogen and oxygen atoms in total. The van der Waals surface area contributed by atoms with Crippen molar-refractivity contribution in [3.05, 3.63) is 23.8 Å². The molecule has 0 spiro atoms. The molecular formula is C14H21NO4. The molecule has 0 heterocycles. The number of nitrogens with zero attached hydrogens (tertiary/aromatic N) is 1. The predicted molar refractivity (Wildman–Crippen MR) is 74.3 cm³/mol. The van der Waals surface area contributed by atoms with Crippen LogP contribution in [0.15, 0.2) is 18.2 Å². The van der Waals surface area contributed by atoms with E-state index in [1.807, 2.05) is 18.7 Å². The Labute approximate surface area is 113 Å². The minimum atomic E-state index is -0.937. The van der Waals surface area contributed by atoms with E-state index in [0.717, 1.165) is 0 Å². The zero-order chi connectivity index (χ0) is 14.3. The largest absolute Gasteiger partial charge is 0.497 e. The molecule has 0 radical (unpaired) electrons. The Morgan fingerprint density at radius 2 is 2.11 bits per heavy atom. The molecule has 106 valence electrons. The van der Waals surface area contributed by atoms with Crippen LogP contribution in [0.4, 0.5) is 5.69 Å². The number of anilines is 1. The number of carbonyl (C=O) groups is 1. The van der Waals surface area contributed by atoms with Crippen LogP contribution in [0.2, 0.25) is 0 Å². The zero-order valence-electron chi connectivity index (χ0n) is 11.7. The molecule has 0 saturated carbocycles. The fourth-order valence-electron chi connectivity index (χ4n) is 1.85. The normalized spacial score (nSPS) is 10.3. The summed E-state index contributed by atoms with van der Waals surface area (Å²) in [5.74, 6) is -0.289. The maximum Gasteiger partial charge on any atom is 0.337 e. The molecule has 0 unspecified atom stereocenters. The van der Waals surface area contributed by atoms with Gasteiger partial charge in [-0.25, -0.2) is 4.79 Å². The third kappa shape index (κ3) is 4.13. The minimum absolute atomic E-state index is 0.277. The first-order valence-corrected chi connectivity index (χ1v) is 6.38. The highest BCUT2D eigenvalue weighted by atomic mass is 16.5. The van der Waals surface area contributed by atoms with Crippen molar-refractivity contribution in [2.45, 2.75) is 13.8 Å². The molecule has 0 bridgehead atoms. The Kier molecular flexibility index (Phi) is 6.15. The van der Waals surface area contributed by atoms with Crippen LogP contribution in [0.1, 0.15) is 24.2 Å². The molecule has 1 N–H and O–H groups in total. The summed E-state index contributed by atoms with van der Waals surface area (Å²) in [7, 11) is 1.57. The van der Waals surface area contributed by atoms with Gasteiger partial charge in [0, 0.05) is 25.8 Å². The van der Waals surface area contributed by atoms with Crippen molar-refractivity contribution in [3.8, 4) is 5.75 Å². The number of benzene rings is 1. The smallest absolute Gasteiger partial charge is 0.337 e. The van der Waals surface area contributed by atoms with Gasteiger partial charge < -0.3 is 19.5 Å². The Bertz CT molecular complexity index is 420. The molecule has 0 aliphatic heterocycles. The van der Waals surface area contributed by atoms with Gasteiger partial charge in [-0.15, -0.1) is 0 Å². The maximum absolute atomic E-state index is 11.3. The number of hydrogen-bond acceptors (Lipinski definition) is 4. The molecule has 1 aromatic rings. The van der Waals surface area contributed by atoms with Gasteiger partial charge in [-0.3, -0.25) is 0 Å². The second kappa shape index (κ2) is 7.63. The van der Waals surface area contributed by atoms with Crippen LogP contribution in [0.3, 0.4) is 0 Å². The Morgan fingerprint density at radius 1 is 1.37 bits per heavy atom. The topological polar surface area (TPSA) is 59.0 Å². The molecule has 5 heteroatoms. The van der Waals surface area contributed by atoms with Gasteiger partial charge in [0.05, 0.1) is 25.0 Å². The zero-order valence-corrected chi connectivity index (χ0v) is 11.7. The molecule has 1 aromatic carbocycles. The number of rotatable bonds is 8. The van der Waals surface area contributed by atoms with Crippen molar-refractivity contribution in [1.29, 1.82) is 0 Å². The summed E-state index contributed by atoms with van der Waals surface area (Å²) in [6.07, 6.45) is 0. The molecule has 0 fully saturated rings. The van der Waals surface area contributed by atoms with Gasteiger partial charge in [0.2, 0.25) is 0 Å². The lowest BCUT2D eigenvalue weighted by atomic mass is 10.1. The average molecular weight is 267 g/mol. The molecule has 0 saturated heterocycles. The number of ether oxygens (including phenoxy) is 2. The average Bonchev–Trinajstić information content (AvgIpc) is 2.43. The van der Waals surface area contributed by atoms with Crippen molar-refractivity contribution in [2.24, 2.45) is 0 Å². The van der Waals surface area contributed by atoms with Crippen molar-refractivity contribution < 1.29 is 19.4 Å². The number of methoxy groups -OCH3 is 1. The third-order valence-corrected chi connectivity index (χ3v) is 2.87. The van der Waals surface area contributed by atoms with Crippen LogP contribution in [0.5, 0.6) is 5.75 Å². The molecule has 0 aliphatic rings. The Hall–Kier alpha value is -1.75. The van der Waals surface area contributed by atoms with Crippen molar-refractivity contribution in [3.63, 3.8) is 0 Å². The highest BCUT2D eigenvalue weighted by molar-refractivity contribution is 5.94. The predicted octanol–water partition coefficient (Wildman–Crippen LogP) is 2.26. The van der Waals surface area contributed by atoms with E-state index in [4.69, 9.17) is 9.47 Å². The Balaban J connectivity index is 3.01. The summed E-state index contributed by atoms with van der Waals surface area (Å²) in [6.45, 7) is 6.50. The van der Waals surface area contributed by atoms with E-state index in [9.17, 15) is 9.90 Å². The summed E-state index contributed by atoms with van der Waals surface area (Å²) >= 11 is 0. The van der Waals surface area contributed by atoms with Crippen LogP contribution >= 0.6 is 0 Å². The van der Waals surface area contributed by atoms with Crippen LogP contribution in [-0.2, 0) is 4.74 Å². The number of hydrogen-bond donors (Lipinski definition) is 1. The van der Waals surface area contributed by atoms with Gasteiger partial charge in [0.15, 0.2) is 0 Å². The van der Waals surface area contributed by atoms with Gasteiger partial charge in [0.1, 0.15) is 5.75 Å². The second-order valence-corrected chi connectivity index (χ2v) is 3.96. The summed E-state index contributed by atoms with van der Waals surface area (Å²) in [4.78, 5) is 13.2. The highest BCUT2D eigenvalue weighted by Gasteiger charge is 2.16. The second-order valence-electron chi connectivity index (χ2n) is 3.96. The molecule has 0 atom stereocenters. The number of aromatic carboxylic acids is 1. The number of likely N-dealkylation sites (N-methyl/N-ethyl adjacent to an activating group) is 1. The SMILES string of the molecule is CCOCCN(CC)c1cc(OC)ccc1C(=O)O. The van der Waals surface area contributed by atoms with E-state index in [-0.39, 0.29) is 5.56 Å². The molecule has 1 rings (SSSR count). The fourth-order valence-corrected chi connectivity index (χ4v) is 1.85.